The molecule has 0 fully saturated rings. The maximum absolute atomic E-state index is 10.6. The number of nitrogens with two attached hydrogens (primary N) is 1. The van der Waals surface area contributed by atoms with Gasteiger partial charge in [0.2, 0.25) is 0 Å². The van der Waals surface area contributed by atoms with Crippen molar-refractivity contribution in [2.24, 2.45) is 5.84 Å². The van der Waals surface area contributed by atoms with Crippen LogP contribution >= 0.6 is 0 Å². The number of anilines is 1. The van der Waals surface area contributed by atoms with Crippen molar-refractivity contribution in [1.29, 1.82) is 0 Å². The van der Waals surface area contributed by atoms with E-state index in [1.807, 2.05) is 6.92 Å². The van der Waals surface area contributed by atoms with Crippen LogP contribution in [0.4, 0.5) is 11.4 Å². The van der Waals surface area contributed by atoms with E-state index < -0.39 is 4.92 Å². The Morgan fingerprint density at radius 1 is 1.62 bits per heavy atom. The first kappa shape index (κ1) is 9.47. The van der Waals surface area contributed by atoms with Crippen LogP contribution in [0.2, 0.25) is 0 Å². The highest BCUT2D eigenvalue weighted by Gasteiger charge is 2.12. The fourth-order valence-electron chi connectivity index (χ4n) is 1.12. The van der Waals surface area contributed by atoms with Gasteiger partial charge in [0.25, 0.3) is 5.69 Å². The summed E-state index contributed by atoms with van der Waals surface area (Å²) in [6, 6.07) is 4.85. The van der Waals surface area contributed by atoms with Crippen LogP contribution in [0.5, 0.6) is 0 Å². The van der Waals surface area contributed by atoms with Crippen molar-refractivity contribution in [3.05, 3.63) is 33.9 Å². The summed E-state index contributed by atoms with van der Waals surface area (Å²) >= 11 is 0. The summed E-state index contributed by atoms with van der Waals surface area (Å²) in [7, 11) is 0. The second kappa shape index (κ2) is 3.86. The zero-order valence-corrected chi connectivity index (χ0v) is 7.28. The number of aryl methyl sites for hydroxylation is 1. The van der Waals surface area contributed by atoms with Gasteiger partial charge in [-0.15, -0.1) is 0 Å². The topological polar surface area (TPSA) is 81.2 Å². The first-order valence-electron chi connectivity index (χ1n) is 3.93. The third-order valence-corrected chi connectivity index (χ3v) is 1.83. The van der Waals surface area contributed by atoms with Crippen LogP contribution in [0, 0.1) is 10.1 Å². The maximum atomic E-state index is 10.6. The first-order chi connectivity index (χ1) is 6.19. The Balaban J connectivity index is 3.18. The molecule has 1 aromatic rings. The number of benzene rings is 1. The predicted molar refractivity (Wildman–Crippen MR) is 50.3 cm³/mol. The molecule has 0 heterocycles. The van der Waals surface area contributed by atoms with Crippen molar-refractivity contribution >= 4 is 11.4 Å². The molecule has 0 saturated carbocycles. The van der Waals surface area contributed by atoms with Gasteiger partial charge in [0, 0.05) is 11.6 Å². The van der Waals surface area contributed by atoms with Gasteiger partial charge in [-0.1, -0.05) is 13.0 Å². The molecule has 0 aliphatic carbocycles. The van der Waals surface area contributed by atoms with Gasteiger partial charge in [-0.05, 0) is 12.5 Å². The highest BCUT2D eigenvalue weighted by molar-refractivity contribution is 5.54. The Hall–Kier alpha value is -1.62. The molecule has 13 heavy (non-hydrogen) atoms. The van der Waals surface area contributed by atoms with Gasteiger partial charge in [-0.2, -0.15) is 0 Å². The molecule has 1 aromatic carbocycles. The highest BCUT2D eigenvalue weighted by atomic mass is 16.6. The minimum atomic E-state index is -0.403. The van der Waals surface area contributed by atoms with Crippen LogP contribution in [-0.2, 0) is 6.42 Å². The predicted octanol–water partition coefficient (Wildman–Crippen LogP) is 1.44. The third kappa shape index (κ3) is 1.94. The van der Waals surface area contributed by atoms with E-state index in [1.165, 1.54) is 6.07 Å². The molecule has 0 bridgehead atoms. The van der Waals surface area contributed by atoms with E-state index in [-0.39, 0.29) is 5.69 Å². The van der Waals surface area contributed by atoms with Crippen LogP contribution in [-0.4, -0.2) is 4.92 Å². The molecule has 0 saturated heterocycles. The molecule has 5 nitrogen and oxygen atoms in total. The van der Waals surface area contributed by atoms with E-state index in [4.69, 9.17) is 5.84 Å². The van der Waals surface area contributed by atoms with E-state index in [9.17, 15) is 10.1 Å². The van der Waals surface area contributed by atoms with Crippen LogP contribution < -0.4 is 11.3 Å². The fraction of sp³-hybridized carbons (Fsp3) is 0.250. The number of nitrogens with zero attached hydrogens (tertiary/aromatic N) is 1. The lowest BCUT2D eigenvalue weighted by atomic mass is 10.1. The minimum absolute atomic E-state index is 0.109. The van der Waals surface area contributed by atoms with Gasteiger partial charge in [0.15, 0.2) is 0 Å². The molecule has 0 aromatic heterocycles. The molecule has 5 heteroatoms. The maximum Gasteiger partial charge on any atom is 0.274 e. The highest BCUT2D eigenvalue weighted by Crippen LogP contribution is 2.22. The molecule has 0 aliphatic rings. The SMILES string of the molecule is CCc1ccc(NN)cc1[N+](=O)[O-]. The average Bonchev–Trinajstić information content (AvgIpc) is 2.16. The number of hydrazine groups is 1. The Morgan fingerprint density at radius 2 is 2.31 bits per heavy atom. The van der Waals surface area contributed by atoms with Gasteiger partial charge < -0.3 is 5.43 Å². The van der Waals surface area contributed by atoms with E-state index >= 15 is 0 Å². The smallest absolute Gasteiger partial charge is 0.274 e. The molecule has 0 atom stereocenters. The quantitative estimate of drug-likeness (QED) is 0.420. The van der Waals surface area contributed by atoms with Crippen LogP contribution in [0.3, 0.4) is 0 Å². The lowest BCUT2D eigenvalue weighted by Crippen LogP contribution is -2.07. The van der Waals surface area contributed by atoms with E-state index in [1.54, 1.807) is 12.1 Å². The number of nitro benzene ring substituents is 1. The fourth-order valence-corrected chi connectivity index (χ4v) is 1.12. The lowest BCUT2D eigenvalue weighted by molar-refractivity contribution is -0.385. The molecule has 3 N–H and O–H groups in total. The number of rotatable bonds is 3. The van der Waals surface area contributed by atoms with Gasteiger partial charge in [-0.25, -0.2) is 0 Å². The van der Waals surface area contributed by atoms with Crippen molar-refractivity contribution in [3.8, 4) is 0 Å². The average molecular weight is 181 g/mol. The Kier molecular flexibility index (Phi) is 2.81. The van der Waals surface area contributed by atoms with Crippen LogP contribution in [0.25, 0.3) is 0 Å². The summed E-state index contributed by atoms with van der Waals surface area (Å²) in [6.07, 6.45) is 0.640. The molecule has 1 rings (SSSR count). The lowest BCUT2D eigenvalue weighted by Gasteiger charge is -2.02. The minimum Gasteiger partial charge on any atom is -0.324 e. The zero-order chi connectivity index (χ0) is 9.84. The van der Waals surface area contributed by atoms with Crippen molar-refractivity contribution in [3.63, 3.8) is 0 Å². The summed E-state index contributed by atoms with van der Waals surface area (Å²) in [6.45, 7) is 1.87. The van der Waals surface area contributed by atoms with E-state index in [0.717, 1.165) is 0 Å². The normalized spacial score (nSPS) is 9.69. The molecule has 0 amide bonds. The van der Waals surface area contributed by atoms with Crippen LogP contribution in [0.15, 0.2) is 18.2 Å². The Bertz CT molecular complexity index is 325. The molecular weight excluding hydrogens is 170 g/mol. The largest absolute Gasteiger partial charge is 0.324 e. The second-order valence-electron chi connectivity index (χ2n) is 2.60. The number of nitrogens with one attached hydrogen (secondary N) is 1. The third-order valence-electron chi connectivity index (χ3n) is 1.83. The molecule has 0 radical (unpaired) electrons. The summed E-state index contributed by atoms with van der Waals surface area (Å²) in [5.41, 5.74) is 3.74. The Labute approximate surface area is 75.7 Å². The van der Waals surface area contributed by atoms with Gasteiger partial charge in [0.1, 0.15) is 0 Å². The second-order valence-corrected chi connectivity index (χ2v) is 2.60. The Morgan fingerprint density at radius 3 is 2.77 bits per heavy atom. The van der Waals surface area contributed by atoms with Gasteiger partial charge in [-0.3, -0.25) is 16.0 Å². The van der Waals surface area contributed by atoms with Crippen LogP contribution in [0.1, 0.15) is 12.5 Å². The molecule has 70 valence electrons. The van der Waals surface area contributed by atoms with E-state index in [2.05, 4.69) is 5.43 Å². The van der Waals surface area contributed by atoms with E-state index in [0.29, 0.717) is 17.7 Å². The summed E-state index contributed by atoms with van der Waals surface area (Å²) in [5.74, 6) is 5.14. The molecule has 0 unspecified atom stereocenters. The van der Waals surface area contributed by atoms with Gasteiger partial charge in [0.05, 0.1) is 10.6 Å². The first-order valence-corrected chi connectivity index (χ1v) is 3.93. The number of hydrogen-bond donors (Lipinski definition) is 2. The molecule has 0 aliphatic heterocycles. The van der Waals surface area contributed by atoms with Crippen molar-refractivity contribution < 1.29 is 4.92 Å². The van der Waals surface area contributed by atoms with Crippen molar-refractivity contribution in [1.82, 2.24) is 0 Å². The summed E-state index contributed by atoms with van der Waals surface area (Å²) in [5, 5.41) is 10.6. The monoisotopic (exact) mass is 181 g/mol. The zero-order valence-electron chi connectivity index (χ0n) is 7.28. The van der Waals surface area contributed by atoms with Gasteiger partial charge >= 0.3 is 0 Å². The number of nitrogen functional groups attached to an aromatic ring is 1. The molecule has 0 spiro atoms. The van der Waals surface area contributed by atoms with Crippen molar-refractivity contribution in [2.75, 3.05) is 5.43 Å². The van der Waals surface area contributed by atoms with Crippen molar-refractivity contribution in [2.45, 2.75) is 13.3 Å². The number of nitro groups is 1. The summed E-state index contributed by atoms with van der Waals surface area (Å²) < 4.78 is 0. The number of hydrogen-bond acceptors (Lipinski definition) is 4. The summed E-state index contributed by atoms with van der Waals surface area (Å²) in [4.78, 5) is 10.2. The standard InChI is InChI=1S/C8H11N3O2/c1-2-6-3-4-7(10-9)5-8(6)11(12)13/h3-5,10H,2,9H2,1H3. The molecular formula is C8H11N3O2.